The molecular formula is C25H28N4O3. The number of aromatic nitrogens is 2. The topological polar surface area (TPSA) is 76.5 Å². The lowest BCUT2D eigenvalue weighted by Gasteiger charge is -2.27. The van der Waals surface area contributed by atoms with E-state index in [1.807, 2.05) is 62.5 Å². The molecular weight excluding hydrogens is 404 g/mol. The number of hydrogen-bond acceptors (Lipinski definition) is 4. The first-order valence-corrected chi connectivity index (χ1v) is 10.7. The molecule has 0 unspecified atom stereocenters. The van der Waals surface area contributed by atoms with Crippen molar-refractivity contribution in [1.82, 2.24) is 20.0 Å². The predicted molar refractivity (Wildman–Crippen MR) is 121 cm³/mol. The third kappa shape index (κ3) is 4.66. The summed E-state index contributed by atoms with van der Waals surface area (Å²) in [6.07, 6.45) is 0.968. The van der Waals surface area contributed by atoms with Crippen LogP contribution in [0.5, 0.6) is 5.75 Å². The summed E-state index contributed by atoms with van der Waals surface area (Å²) in [5.74, 6) is 0.542. The first-order valence-electron chi connectivity index (χ1n) is 10.7. The van der Waals surface area contributed by atoms with E-state index in [-0.39, 0.29) is 11.8 Å². The molecule has 0 saturated carbocycles. The van der Waals surface area contributed by atoms with Crippen molar-refractivity contribution in [3.05, 3.63) is 82.2 Å². The normalized spacial score (nSPS) is 12.9. The van der Waals surface area contributed by atoms with Gasteiger partial charge in [-0.05, 0) is 30.2 Å². The third-order valence-electron chi connectivity index (χ3n) is 5.84. The summed E-state index contributed by atoms with van der Waals surface area (Å²) in [7, 11) is 3.46. The van der Waals surface area contributed by atoms with Gasteiger partial charge in [-0.2, -0.15) is 5.10 Å². The van der Waals surface area contributed by atoms with Gasteiger partial charge in [-0.15, -0.1) is 0 Å². The molecule has 0 saturated heterocycles. The Morgan fingerprint density at radius 3 is 2.69 bits per heavy atom. The number of nitrogens with one attached hydrogen (secondary N) is 1. The smallest absolute Gasteiger partial charge is 0.272 e. The van der Waals surface area contributed by atoms with Gasteiger partial charge in [0.2, 0.25) is 5.91 Å². The molecule has 0 aliphatic carbocycles. The molecule has 7 nitrogen and oxygen atoms in total. The molecule has 3 aromatic rings. The number of carbonyl (C=O) groups excluding carboxylic acids is 2. The van der Waals surface area contributed by atoms with Crippen LogP contribution in [0.4, 0.5) is 0 Å². The summed E-state index contributed by atoms with van der Waals surface area (Å²) in [5, 5.41) is 7.44. The van der Waals surface area contributed by atoms with Crippen molar-refractivity contribution in [1.29, 1.82) is 0 Å². The number of fused-ring (bicyclic) bond motifs is 1. The molecule has 0 fully saturated rings. The average Bonchev–Trinajstić information content (AvgIpc) is 3.13. The fraction of sp³-hybridized carbons (Fsp3) is 0.320. The first-order chi connectivity index (χ1) is 15.4. The maximum Gasteiger partial charge on any atom is 0.272 e. The minimum absolute atomic E-state index is 0.0267. The van der Waals surface area contributed by atoms with E-state index in [0.717, 1.165) is 33.7 Å². The largest absolute Gasteiger partial charge is 0.497 e. The van der Waals surface area contributed by atoms with Crippen molar-refractivity contribution in [2.75, 3.05) is 13.7 Å². The summed E-state index contributed by atoms with van der Waals surface area (Å²) in [6, 6.07) is 15.6. The molecule has 0 spiro atoms. The Balaban J connectivity index is 1.46. The number of aryl methyl sites for hydroxylation is 2. The summed E-state index contributed by atoms with van der Waals surface area (Å²) >= 11 is 0. The van der Waals surface area contributed by atoms with Crippen LogP contribution >= 0.6 is 0 Å². The van der Waals surface area contributed by atoms with Crippen molar-refractivity contribution in [3.63, 3.8) is 0 Å². The van der Waals surface area contributed by atoms with Crippen molar-refractivity contribution in [2.45, 2.75) is 32.9 Å². The molecule has 1 N–H and O–H groups in total. The SMILES string of the molecule is COc1cccc(CC(=O)N2CCc3c(c(C(=O)NCc4cccc(C)c4)nn3C)C2)c1. The second-order valence-electron chi connectivity index (χ2n) is 8.16. The zero-order valence-electron chi connectivity index (χ0n) is 18.7. The van der Waals surface area contributed by atoms with Gasteiger partial charge in [0.25, 0.3) is 5.91 Å². The van der Waals surface area contributed by atoms with Crippen LogP contribution < -0.4 is 10.1 Å². The number of methoxy groups -OCH3 is 1. The second-order valence-corrected chi connectivity index (χ2v) is 8.16. The summed E-state index contributed by atoms with van der Waals surface area (Å²) < 4.78 is 7.02. The van der Waals surface area contributed by atoms with Crippen molar-refractivity contribution < 1.29 is 14.3 Å². The van der Waals surface area contributed by atoms with Crippen LogP contribution in [-0.4, -0.2) is 40.1 Å². The highest BCUT2D eigenvalue weighted by molar-refractivity contribution is 5.94. The van der Waals surface area contributed by atoms with Gasteiger partial charge >= 0.3 is 0 Å². The standard InChI is InChI=1S/C25H28N4O3/c1-17-6-4-8-19(12-17)15-26-25(31)24-21-16-29(11-10-22(21)28(2)27-24)23(30)14-18-7-5-9-20(13-18)32-3/h4-9,12-13H,10-11,14-16H2,1-3H3,(H,26,31). The lowest BCUT2D eigenvalue weighted by Crippen LogP contribution is -2.38. The van der Waals surface area contributed by atoms with Crippen molar-refractivity contribution >= 4 is 11.8 Å². The number of rotatable bonds is 6. The molecule has 0 atom stereocenters. The molecule has 2 heterocycles. The van der Waals surface area contributed by atoms with Gasteiger partial charge in [0.05, 0.1) is 13.5 Å². The van der Waals surface area contributed by atoms with Gasteiger partial charge in [-0.3, -0.25) is 14.3 Å². The number of nitrogens with zero attached hydrogens (tertiary/aromatic N) is 3. The van der Waals surface area contributed by atoms with Crippen LogP contribution in [-0.2, 0) is 37.8 Å². The molecule has 0 radical (unpaired) electrons. The monoisotopic (exact) mass is 432 g/mol. The Morgan fingerprint density at radius 1 is 1.12 bits per heavy atom. The van der Waals surface area contributed by atoms with Crippen LogP contribution in [0.25, 0.3) is 0 Å². The number of hydrogen-bond donors (Lipinski definition) is 1. The highest BCUT2D eigenvalue weighted by Crippen LogP contribution is 2.23. The Hall–Kier alpha value is -3.61. The number of ether oxygens (including phenoxy) is 1. The van der Waals surface area contributed by atoms with Gasteiger partial charge in [0, 0.05) is 44.4 Å². The zero-order valence-corrected chi connectivity index (χ0v) is 18.7. The van der Waals surface area contributed by atoms with E-state index >= 15 is 0 Å². The highest BCUT2D eigenvalue weighted by atomic mass is 16.5. The lowest BCUT2D eigenvalue weighted by molar-refractivity contribution is -0.131. The first kappa shape index (κ1) is 21.6. The minimum Gasteiger partial charge on any atom is -0.497 e. The van der Waals surface area contributed by atoms with Gasteiger partial charge in [-0.25, -0.2) is 0 Å². The van der Waals surface area contributed by atoms with E-state index < -0.39 is 0 Å². The maximum atomic E-state index is 13.0. The van der Waals surface area contributed by atoms with Crippen molar-refractivity contribution in [2.24, 2.45) is 7.05 Å². The fourth-order valence-electron chi connectivity index (χ4n) is 4.14. The molecule has 1 aliphatic rings. The summed E-state index contributed by atoms with van der Waals surface area (Å²) in [6.45, 7) is 3.46. The molecule has 4 rings (SSSR count). The predicted octanol–water partition coefficient (Wildman–Crippen LogP) is 2.79. The van der Waals surface area contributed by atoms with E-state index in [1.165, 1.54) is 0 Å². The van der Waals surface area contributed by atoms with E-state index in [0.29, 0.717) is 38.2 Å². The van der Waals surface area contributed by atoms with E-state index in [4.69, 9.17) is 4.74 Å². The quantitative estimate of drug-likeness (QED) is 0.650. The van der Waals surface area contributed by atoms with Gasteiger partial charge in [0.15, 0.2) is 5.69 Å². The van der Waals surface area contributed by atoms with Crippen molar-refractivity contribution in [3.8, 4) is 5.75 Å². The van der Waals surface area contributed by atoms with Crippen LogP contribution in [0.3, 0.4) is 0 Å². The van der Waals surface area contributed by atoms with Gasteiger partial charge in [-0.1, -0.05) is 42.0 Å². The van der Waals surface area contributed by atoms with Crippen LogP contribution in [0.2, 0.25) is 0 Å². The molecule has 2 aromatic carbocycles. The Bertz CT molecular complexity index is 1150. The van der Waals surface area contributed by atoms with E-state index in [2.05, 4.69) is 10.4 Å². The molecule has 32 heavy (non-hydrogen) atoms. The summed E-state index contributed by atoms with van der Waals surface area (Å²) in [4.78, 5) is 27.7. The fourth-order valence-corrected chi connectivity index (χ4v) is 4.14. The highest BCUT2D eigenvalue weighted by Gasteiger charge is 2.29. The maximum absolute atomic E-state index is 13.0. The van der Waals surface area contributed by atoms with Gasteiger partial charge < -0.3 is 15.0 Å². The Kier molecular flexibility index (Phi) is 6.25. The molecule has 1 aliphatic heterocycles. The molecule has 0 bridgehead atoms. The number of benzene rings is 2. The molecule has 7 heteroatoms. The van der Waals surface area contributed by atoms with Gasteiger partial charge in [0.1, 0.15) is 5.75 Å². The third-order valence-corrected chi connectivity index (χ3v) is 5.84. The van der Waals surface area contributed by atoms with E-state index in [9.17, 15) is 9.59 Å². The number of carbonyl (C=O) groups is 2. The lowest BCUT2D eigenvalue weighted by atomic mass is 10.0. The van der Waals surface area contributed by atoms with Crippen LogP contribution in [0, 0.1) is 6.92 Å². The average molecular weight is 433 g/mol. The van der Waals surface area contributed by atoms with Crippen LogP contribution in [0.15, 0.2) is 48.5 Å². The van der Waals surface area contributed by atoms with E-state index in [1.54, 1.807) is 16.7 Å². The Labute approximate surface area is 188 Å². The molecule has 2 amide bonds. The Morgan fingerprint density at radius 2 is 1.91 bits per heavy atom. The zero-order chi connectivity index (χ0) is 22.7. The minimum atomic E-state index is -0.217. The molecule has 1 aromatic heterocycles. The summed E-state index contributed by atoms with van der Waals surface area (Å²) in [5.41, 5.74) is 5.34. The second kappa shape index (κ2) is 9.26. The van der Waals surface area contributed by atoms with Crippen LogP contribution in [0.1, 0.15) is 38.4 Å². The number of amides is 2. The molecule has 166 valence electrons.